The van der Waals surface area contributed by atoms with Gasteiger partial charge >= 0.3 is 0 Å². The lowest BCUT2D eigenvalue weighted by Crippen LogP contribution is -2.37. The highest BCUT2D eigenvalue weighted by atomic mass is 32.2. The van der Waals surface area contributed by atoms with Crippen molar-refractivity contribution in [2.75, 3.05) is 40.9 Å². The SMILES string of the molecule is COCCCNC(=O)CNC(=O)c1cccc(S(=O)(=O)N(C)C)c1. The minimum atomic E-state index is -3.62. The van der Waals surface area contributed by atoms with Gasteiger partial charge in [0.25, 0.3) is 5.91 Å². The van der Waals surface area contributed by atoms with Crippen molar-refractivity contribution in [3.63, 3.8) is 0 Å². The molecule has 0 atom stereocenters. The Morgan fingerprint density at radius 3 is 2.54 bits per heavy atom. The molecule has 2 N–H and O–H groups in total. The van der Waals surface area contributed by atoms with E-state index in [9.17, 15) is 18.0 Å². The van der Waals surface area contributed by atoms with Gasteiger partial charge in [0.2, 0.25) is 15.9 Å². The summed E-state index contributed by atoms with van der Waals surface area (Å²) in [5.74, 6) is -0.839. The zero-order valence-corrected chi connectivity index (χ0v) is 14.9. The number of rotatable bonds is 9. The van der Waals surface area contributed by atoms with Crippen molar-refractivity contribution in [1.82, 2.24) is 14.9 Å². The van der Waals surface area contributed by atoms with Crippen LogP contribution in [0.25, 0.3) is 0 Å². The molecule has 0 unspecified atom stereocenters. The molecule has 8 nitrogen and oxygen atoms in total. The zero-order valence-electron chi connectivity index (χ0n) is 14.0. The van der Waals surface area contributed by atoms with E-state index in [0.717, 1.165) is 4.31 Å². The second-order valence-electron chi connectivity index (χ2n) is 5.19. The van der Waals surface area contributed by atoms with Gasteiger partial charge in [-0.05, 0) is 24.6 Å². The van der Waals surface area contributed by atoms with Crippen LogP contribution in [0.2, 0.25) is 0 Å². The zero-order chi connectivity index (χ0) is 18.2. The maximum atomic E-state index is 12.1. The number of nitrogens with one attached hydrogen (secondary N) is 2. The van der Waals surface area contributed by atoms with Gasteiger partial charge < -0.3 is 15.4 Å². The maximum absolute atomic E-state index is 12.1. The summed E-state index contributed by atoms with van der Waals surface area (Å²) in [6, 6.07) is 5.66. The Labute approximate surface area is 142 Å². The molecule has 0 radical (unpaired) electrons. The molecule has 0 aromatic heterocycles. The van der Waals surface area contributed by atoms with E-state index in [1.165, 1.54) is 38.4 Å². The molecule has 0 aliphatic carbocycles. The van der Waals surface area contributed by atoms with Gasteiger partial charge in [-0.2, -0.15) is 0 Å². The van der Waals surface area contributed by atoms with Crippen LogP contribution in [0, 0.1) is 0 Å². The lowest BCUT2D eigenvalue weighted by atomic mass is 10.2. The van der Waals surface area contributed by atoms with E-state index >= 15 is 0 Å². The topological polar surface area (TPSA) is 105 Å². The highest BCUT2D eigenvalue weighted by Gasteiger charge is 2.18. The average Bonchev–Trinajstić information content (AvgIpc) is 2.56. The molecule has 0 saturated carbocycles. The maximum Gasteiger partial charge on any atom is 0.251 e. The smallest absolute Gasteiger partial charge is 0.251 e. The number of nitrogens with zero attached hydrogens (tertiary/aromatic N) is 1. The van der Waals surface area contributed by atoms with Crippen LogP contribution in [-0.4, -0.2) is 65.4 Å². The second kappa shape index (κ2) is 9.36. The molecule has 0 bridgehead atoms. The molecule has 134 valence electrons. The van der Waals surface area contributed by atoms with E-state index in [2.05, 4.69) is 10.6 Å². The van der Waals surface area contributed by atoms with Crippen molar-refractivity contribution in [3.05, 3.63) is 29.8 Å². The molecule has 0 heterocycles. The van der Waals surface area contributed by atoms with Crippen LogP contribution in [0.1, 0.15) is 16.8 Å². The van der Waals surface area contributed by atoms with Crippen LogP contribution >= 0.6 is 0 Å². The molecule has 2 amide bonds. The highest BCUT2D eigenvalue weighted by Crippen LogP contribution is 2.14. The molecular formula is C15H23N3O5S. The quantitative estimate of drug-likeness (QED) is 0.597. The Morgan fingerprint density at radius 1 is 1.21 bits per heavy atom. The number of sulfonamides is 1. The molecule has 1 aromatic rings. The number of carbonyl (C=O) groups excluding carboxylic acids is 2. The van der Waals surface area contributed by atoms with E-state index in [-0.39, 0.29) is 22.9 Å². The molecule has 0 saturated heterocycles. The monoisotopic (exact) mass is 357 g/mol. The molecule has 9 heteroatoms. The first kappa shape index (κ1) is 20.1. The van der Waals surface area contributed by atoms with Gasteiger partial charge in [0, 0.05) is 39.9 Å². The summed E-state index contributed by atoms with van der Waals surface area (Å²) in [6.45, 7) is 0.815. The Hall–Kier alpha value is -1.97. The van der Waals surface area contributed by atoms with Crippen LogP contribution < -0.4 is 10.6 Å². The van der Waals surface area contributed by atoms with E-state index in [1.807, 2.05) is 0 Å². The third-order valence-electron chi connectivity index (χ3n) is 3.13. The van der Waals surface area contributed by atoms with Crippen molar-refractivity contribution in [3.8, 4) is 0 Å². The van der Waals surface area contributed by atoms with Gasteiger partial charge in [-0.1, -0.05) is 6.07 Å². The van der Waals surface area contributed by atoms with Crippen molar-refractivity contribution in [1.29, 1.82) is 0 Å². The van der Waals surface area contributed by atoms with Gasteiger partial charge in [0.05, 0.1) is 11.4 Å². The first-order valence-electron chi connectivity index (χ1n) is 7.35. The van der Waals surface area contributed by atoms with Gasteiger partial charge in [-0.3, -0.25) is 9.59 Å². The number of hydrogen-bond donors (Lipinski definition) is 2. The Bertz CT molecular complexity index is 673. The molecule has 0 aliphatic rings. The first-order chi connectivity index (χ1) is 11.3. The number of benzene rings is 1. The summed E-state index contributed by atoms with van der Waals surface area (Å²) in [5, 5.41) is 5.10. The van der Waals surface area contributed by atoms with Gasteiger partial charge in [-0.25, -0.2) is 12.7 Å². The van der Waals surface area contributed by atoms with E-state index in [4.69, 9.17) is 4.74 Å². The number of hydrogen-bond acceptors (Lipinski definition) is 5. The lowest BCUT2D eigenvalue weighted by Gasteiger charge is -2.12. The number of ether oxygens (including phenoxy) is 1. The summed E-state index contributed by atoms with van der Waals surface area (Å²) >= 11 is 0. The van der Waals surface area contributed by atoms with Gasteiger partial charge in [0.1, 0.15) is 0 Å². The van der Waals surface area contributed by atoms with Gasteiger partial charge in [-0.15, -0.1) is 0 Å². The number of methoxy groups -OCH3 is 1. The summed E-state index contributed by atoms with van der Waals surface area (Å²) in [5.41, 5.74) is 0.171. The summed E-state index contributed by atoms with van der Waals surface area (Å²) in [7, 11) is 0.782. The molecule has 0 fully saturated rings. The van der Waals surface area contributed by atoms with E-state index in [1.54, 1.807) is 7.11 Å². The molecule has 0 spiro atoms. The van der Waals surface area contributed by atoms with Crippen molar-refractivity contribution >= 4 is 21.8 Å². The van der Waals surface area contributed by atoms with Gasteiger partial charge in [0.15, 0.2) is 0 Å². The Balaban J connectivity index is 2.62. The summed E-state index contributed by atoms with van der Waals surface area (Å²) in [6.07, 6.45) is 0.681. The van der Waals surface area contributed by atoms with E-state index in [0.29, 0.717) is 19.6 Å². The molecule has 1 rings (SSSR count). The first-order valence-corrected chi connectivity index (χ1v) is 8.79. The van der Waals surface area contributed by atoms with Crippen LogP contribution in [0.5, 0.6) is 0 Å². The summed E-state index contributed by atoms with van der Waals surface area (Å²) in [4.78, 5) is 23.7. The normalized spacial score (nSPS) is 11.3. The molecule has 24 heavy (non-hydrogen) atoms. The number of amides is 2. The average molecular weight is 357 g/mol. The van der Waals surface area contributed by atoms with E-state index < -0.39 is 15.9 Å². The Morgan fingerprint density at radius 2 is 1.92 bits per heavy atom. The highest BCUT2D eigenvalue weighted by molar-refractivity contribution is 7.89. The van der Waals surface area contributed by atoms with Crippen molar-refractivity contribution in [2.24, 2.45) is 0 Å². The number of carbonyl (C=O) groups is 2. The predicted molar refractivity (Wildman–Crippen MR) is 89.2 cm³/mol. The standard InChI is InChI=1S/C15H23N3O5S/c1-18(2)24(21,22)13-7-4-6-12(10-13)15(20)17-11-14(19)16-8-5-9-23-3/h4,6-7,10H,5,8-9,11H2,1-3H3,(H,16,19)(H,17,20). The predicted octanol–water partition coefficient (Wildman–Crippen LogP) is -0.181. The molecule has 0 aliphatic heterocycles. The fraction of sp³-hybridized carbons (Fsp3) is 0.467. The molecule has 1 aromatic carbocycles. The third-order valence-corrected chi connectivity index (χ3v) is 4.94. The van der Waals surface area contributed by atoms with Crippen molar-refractivity contribution < 1.29 is 22.7 Å². The fourth-order valence-corrected chi connectivity index (χ4v) is 2.73. The lowest BCUT2D eigenvalue weighted by molar-refractivity contribution is -0.120. The second-order valence-corrected chi connectivity index (χ2v) is 7.35. The summed E-state index contributed by atoms with van der Waals surface area (Å²) < 4.78 is 30.1. The largest absolute Gasteiger partial charge is 0.385 e. The minimum Gasteiger partial charge on any atom is -0.385 e. The van der Waals surface area contributed by atoms with Crippen molar-refractivity contribution in [2.45, 2.75) is 11.3 Å². The minimum absolute atomic E-state index is 0.0177. The third kappa shape index (κ3) is 5.91. The molecular weight excluding hydrogens is 334 g/mol. The Kier molecular flexibility index (Phi) is 7.83. The van der Waals surface area contributed by atoms with Crippen LogP contribution in [0.15, 0.2) is 29.2 Å². The van der Waals surface area contributed by atoms with Crippen LogP contribution in [-0.2, 0) is 19.6 Å². The fourth-order valence-electron chi connectivity index (χ4n) is 1.78. The van der Waals surface area contributed by atoms with Crippen LogP contribution in [0.4, 0.5) is 0 Å². The van der Waals surface area contributed by atoms with Crippen LogP contribution in [0.3, 0.4) is 0 Å².